The monoisotopic (exact) mass is 243 g/mol. The fourth-order valence-electron chi connectivity index (χ4n) is 2.93. The van der Waals surface area contributed by atoms with Crippen LogP contribution in [0.15, 0.2) is 18.2 Å². The van der Waals surface area contributed by atoms with Crippen LogP contribution in [0.3, 0.4) is 0 Å². The number of benzene rings is 1. The van der Waals surface area contributed by atoms with Crippen molar-refractivity contribution in [2.75, 3.05) is 7.11 Å². The Bertz CT molecular complexity index is 637. The Morgan fingerprint density at radius 3 is 2.78 bits per heavy atom. The first-order chi connectivity index (χ1) is 8.52. The molecular weight excluding hydrogens is 226 g/mol. The van der Waals surface area contributed by atoms with Crippen LogP contribution in [0.25, 0.3) is 10.9 Å². The Hall–Kier alpha value is -1.77. The number of carbonyl (C=O) groups is 1. The summed E-state index contributed by atoms with van der Waals surface area (Å²) in [5.41, 5.74) is 2.90. The first-order valence-electron chi connectivity index (χ1n) is 6.22. The number of methoxy groups -OCH3 is 1. The molecule has 0 amide bonds. The molecular formula is C15H17NO2. The SMILES string of the molecule is COc1cccc2c3c([nH]c12)CC(C)(C)CC3=O. The number of Topliss-reactive ketones (excluding diaryl/α,β-unsaturated/α-hetero) is 1. The molecule has 1 N–H and O–H groups in total. The molecule has 0 saturated heterocycles. The highest BCUT2D eigenvalue weighted by Gasteiger charge is 2.33. The fraction of sp³-hybridized carbons (Fsp3) is 0.400. The van der Waals surface area contributed by atoms with Gasteiger partial charge in [0.15, 0.2) is 5.78 Å². The lowest BCUT2D eigenvalue weighted by Crippen LogP contribution is -2.26. The van der Waals surface area contributed by atoms with Crippen LogP contribution in [-0.4, -0.2) is 17.9 Å². The van der Waals surface area contributed by atoms with Gasteiger partial charge in [-0.3, -0.25) is 4.79 Å². The van der Waals surface area contributed by atoms with Gasteiger partial charge in [-0.2, -0.15) is 0 Å². The van der Waals surface area contributed by atoms with Gasteiger partial charge in [-0.25, -0.2) is 0 Å². The Morgan fingerprint density at radius 2 is 2.06 bits per heavy atom. The molecule has 0 atom stereocenters. The van der Waals surface area contributed by atoms with Crippen molar-refractivity contribution in [3.05, 3.63) is 29.5 Å². The van der Waals surface area contributed by atoms with Gasteiger partial charge in [0.25, 0.3) is 0 Å². The van der Waals surface area contributed by atoms with Crippen molar-refractivity contribution in [1.29, 1.82) is 0 Å². The summed E-state index contributed by atoms with van der Waals surface area (Å²) in [4.78, 5) is 15.7. The summed E-state index contributed by atoms with van der Waals surface area (Å²) in [6.07, 6.45) is 1.52. The van der Waals surface area contributed by atoms with E-state index in [4.69, 9.17) is 4.74 Å². The highest BCUT2D eigenvalue weighted by atomic mass is 16.5. The molecule has 0 aliphatic heterocycles. The first kappa shape index (κ1) is 11.3. The number of para-hydroxylation sites is 1. The van der Waals surface area contributed by atoms with Gasteiger partial charge >= 0.3 is 0 Å². The average molecular weight is 243 g/mol. The van der Waals surface area contributed by atoms with E-state index < -0.39 is 0 Å². The fourth-order valence-corrected chi connectivity index (χ4v) is 2.93. The molecule has 0 spiro atoms. The number of carbonyl (C=O) groups excluding carboxylic acids is 1. The molecule has 1 aliphatic carbocycles. The standard InChI is InChI=1S/C15H17NO2/c1-15(2)7-10-13(11(17)8-15)9-5-4-6-12(18-3)14(9)16-10/h4-6,16H,7-8H2,1-3H3. The third kappa shape index (κ3) is 1.54. The number of H-pyrrole nitrogens is 1. The predicted octanol–water partition coefficient (Wildman–Crippen LogP) is 3.33. The topological polar surface area (TPSA) is 42.1 Å². The smallest absolute Gasteiger partial charge is 0.165 e. The molecule has 3 nitrogen and oxygen atoms in total. The maximum absolute atomic E-state index is 12.3. The molecule has 3 heteroatoms. The van der Waals surface area contributed by atoms with Crippen molar-refractivity contribution in [3.63, 3.8) is 0 Å². The maximum atomic E-state index is 12.3. The summed E-state index contributed by atoms with van der Waals surface area (Å²) in [5.74, 6) is 1.04. The minimum absolute atomic E-state index is 0.0399. The molecule has 0 unspecified atom stereocenters. The van der Waals surface area contributed by atoms with Crippen LogP contribution in [-0.2, 0) is 6.42 Å². The first-order valence-corrected chi connectivity index (χ1v) is 6.22. The number of hydrogen-bond donors (Lipinski definition) is 1. The molecule has 0 saturated carbocycles. The lowest BCUT2D eigenvalue weighted by Gasteiger charge is -2.28. The van der Waals surface area contributed by atoms with Crippen molar-refractivity contribution in [2.24, 2.45) is 5.41 Å². The normalized spacial score (nSPS) is 17.8. The minimum atomic E-state index is 0.0399. The largest absolute Gasteiger partial charge is 0.495 e. The van der Waals surface area contributed by atoms with E-state index in [1.165, 1.54) is 0 Å². The van der Waals surface area contributed by atoms with Gasteiger partial charge < -0.3 is 9.72 Å². The number of rotatable bonds is 1. The lowest BCUT2D eigenvalue weighted by atomic mass is 9.76. The summed E-state index contributed by atoms with van der Waals surface area (Å²) in [6, 6.07) is 5.84. The number of aromatic nitrogens is 1. The quantitative estimate of drug-likeness (QED) is 0.834. The number of hydrogen-bond acceptors (Lipinski definition) is 2. The van der Waals surface area contributed by atoms with Gasteiger partial charge in [-0.15, -0.1) is 0 Å². The summed E-state index contributed by atoms with van der Waals surface area (Å²) in [5, 5.41) is 0.991. The van der Waals surface area contributed by atoms with E-state index in [1.807, 2.05) is 18.2 Å². The molecule has 0 bridgehead atoms. The van der Waals surface area contributed by atoms with Gasteiger partial charge in [-0.05, 0) is 17.9 Å². The van der Waals surface area contributed by atoms with E-state index >= 15 is 0 Å². The number of ether oxygens (including phenoxy) is 1. The van der Waals surface area contributed by atoms with Crippen molar-refractivity contribution in [2.45, 2.75) is 26.7 Å². The molecule has 2 aromatic rings. The summed E-state index contributed by atoms with van der Waals surface area (Å²) < 4.78 is 5.35. The Morgan fingerprint density at radius 1 is 1.28 bits per heavy atom. The number of ketones is 1. The summed E-state index contributed by atoms with van der Waals surface area (Å²) >= 11 is 0. The van der Waals surface area contributed by atoms with Crippen LogP contribution >= 0.6 is 0 Å². The molecule has 0 radical (unpaired) electrons. The Labute approximate surface area is 106 Å². The molecule has 1 aromatic heterocycles. The highest BCUT2D eigenvalue weighted by molar-refractivity contribution is 6.11. The highest BCUT2D eigenvalue weighted by Crippen LogP contribution is 2.39. The predicted molar refractivity (Wildman–Crippen MR) is 71.3 cm³/mol. The molecule has 0 fully saturated rings. The summed E-state index contributed by atoms with van der Waals surface area (Å²) in [6.45, 7) is 4.27. The van der Waals surface area contributed by atoms with Gasteiger partial charge in [0.1, 0.15) is 5.75 Å². The van der Waals surface area contributed by atoms with E-state index in [2.05, 4.69) is 18.8 Å². The third-order valence-electron chi connectivity index (χ3n) is 3.67. The molecule has 1 aromatic carbocycles. The molecule has 1 aliphatic rings. The van der Waals surface area contributed by atoms with Gasteiger partial charge in [-0.1, -0.05) is 26.0 Å². The van der Waals surface area contributed by atoms with E-state index in [9.17, 15) is 4.79 Å². The van der Waals surface area contributed by atoms with Crippen LogP contribution in [0, 0.1) is 5.41 Å². The zero-order chi connectivity index (χ0) is 12.9. The summed E-state index contributed by atoms with van der Waals surface area (Å²) in [7, 11) is 1.65. The number of aromatic amines is 1. The maximum Gasteiger partial charge on any atom is 0.165 e. The van der Waals surface area contributed by atoms with E-state index in [1.54, 1.807) is 7.11 Å². The minimum Gasteiger partial charge on any atom is -0.495 e. The van der Waals surface area contributed by atoms with Crippen LogP contribution in [0.1, 0.15) is 36.3 Å². The zero-order valence-corrected chi connectivity index (χ0v) is 11.0. The molecule has 94 valence electrons. The van der Waals surface area contributed by atoms with Crippen LogP contribution in [0.2, 0.25) is 0 Å². The molecule has 3 rings (SSSR count). The molecule has 1 heterocycles. The van der Waals surface area contributed by atoms with Gasteiger partial charge in [0.2, 0.25) is 0 Å². The Kier molecular flexibility index (Phi) is 2.27. The second kappa shape index (κ2) is 3.61. The molecule has 18 heavy (non-hydrogen) atoms. The average Bonchev–Trinajstić information content (AvgIpc) is 2.64. The van der Waals surface area contributed by atoms with Crippen LogP contribution < -0.4 is 4.74 Å². The number of nitrogens with one attached hydrogen (secondary N) is 1. The van der Waals surface area contributed by atoms with Crippen LogP contribution in [0.4, 0.5) is 0 Å². The number of fused-ring (bicyclic) bond motifs is 3. The third-order valence-corrected chi connectivity index (χ3v) is 3.67. The second-order valence-electron chi connectivity index (χ2n) is 5.80. The van der Waals surface area contributed by atoms with E-state index in [0.29, 0.717) is 6.42 Å². The van der Waals surface area contributed by atoms with E-state index in [0.717, 1.165) is 34.3 Å². The lowest BCUT2D eigenvalue weighted by molar-refractivity contribution is 0.0913. The van der Waals surface area contributed by atoms with Crippen molar-refractivity contribution in [1.82, 2.24) is 4.98 Å². The van der Waals surface area contributed by atoms with Crippen molar-refractivity contribution >= 4 is 16.7 Å². The second-order valence-corrected chi connectivity index (χ2v) is 5.80. The van der Waals surface area contributed by atoms with Gasteiger partial charge in [0.05, 0.1) is 12.6 Å². The van der Waals surface area contributed by atoms with Crippen molar-refractivity contribution < 1.29 is 9.53 Å². The van der Waals surface area contributed by atoms with Crippen LogP contribution in [0.5, 0.6) is 5.75 Å². The van der Waals surface area contributed by atoms with Gasteiger partial charge in [0, 0.05) is 23.1 Å². The van der Waals surface area contributed by atoms with Crippen molar-refractivity contribution in [3.8, 4) is 5.75 Å². The zero-order valence-electron chi connectivity index (χ0n) is 11.0. The van der Waals surface area contributed by atoms with E-state index in [-0.39, 0.29) is 11.2 Å². The Balaban J connectivity index is 2.29.